The molecule has 0 bridgehead atoms. The Morgan fingerprint density at radius 3 is 2.62 bits per heavy atom. The Morgan fingerprint density at radius 2 is 1.88 bits per heavy atom. The van der Waals surface area contributed by atoms with Crippen LogP contribution < -0.4 is 5.32 Å². The van der Waals surface area contributed by atoms with E-state index in [1.807, 2.05) is 48.5 Å². The van der Waals surface area contributed by atoms with Crippen molar-refractivity contribution in [1.29, 1.82) is 0 Å². The molecule has 0 saturated heterocycles. The lowest BCUT2D eigenvalue weighted by molar-refractivity contribution is 1.13. The zero-order valence-corrected chi connectivity index (χ0v) is 10.3. The summed E-state index contributed by atoms with van der Waals surface area (Å²) in [5.41, 5.74) is 2.19. The predicted octanol–water partition coefficient (Wildman–Crippen LogP) is 4.24. The molecule has 2 rings (SSSR count). The van der Waals surface area contributed by atoms with Gasteiger partial charge in [0.2, 0.25) is 0 Å². The molecular weight excluding hydrogens is 238 g/mol. The third-order valence-electron chi connectivity index (χ3n) is 2.28. The molecule has 0 saturated carbocycles. The molecule has 2 aromatic carbocycles. The van der Waals surface area contributed by atoms with Gasteiger partial charge in [0.05, 0.1) is 0 Å². The van der Waals surface area contributed by atoms with Gasteiger partial charge in [0.15, 0.2) is 0 Å². The van der Waals surface area contributed by atoms with Crippen LogP contribution in [-0.4, -0.2) is 0 Å². The predicted molar refractivity (Wildman–Crippen MR) is 72.5 cm³/mol. The zero-order chi connectivity index (χ0) is 11.4. The van der Waals surface area contributed by atoms with Crippen molar-refractivity contribution in [2.75, 3.05) is 5.32 Å². The Morgan fingerprint density at radius 1 is 1.06 bits per heavy atom. The number of anilines is 1. The van der Waals surface area contributed by atoms with Gasteiger partial charge < -0.3 is 5.32 Å². The smallest absolute Gasteiger partial charge is 0.0478 e. The van der Waals surface area contributed by atoms with Crippen LogP contribution in [-0.2, 0) is 6.54 Å². The minimum absolute atomic E-state index is 0.748. The van der Waals surface area contributed by atoms with Gasteiger partial charge >= 0.3 is 0 Å². The molecule has 0 amide bonds. The van der Waals surface area contributed by atoms with E-state index in [1.165, 1.54) is 0 Å². The standard InChI is InChI=1S/C13H12ClNS/c14-11-5-3-4-10(8-11)9-15-12-6-1-2-7-13(12)16/h1-8,15-16H,9H2. The van der Waals surface area contributed by atoms with Crippen LogP contribution in [0.2, 0.25) is 5.02 Å². The van der Waals surface area contributed by atoms with E-state index >= 15 is 0 Å². The second kappa shape index (κ2) is 5.28. The molecule has 0 aromatic heterocycles. The van der Waals surface area contributed by atoms with Crippen molar-refractivity contribution < 1.29 is 0 Å². The molecule has 0 heterocycles. The first-order valence-electron chi connectivity index (χ1n) is 5.02. The van der Waals surface area contributed by atoms with Crippen molar-refractivity contribution in [3.05, 3.63) is 59.1 Å². The summed E-state index contributed by atoms with van der Waals surface area (Å²) in [5, 5.41) is 4.08. The molecule has 0 aliphatic heterocycles. The highest BCUT2D eigenvalue weighted by atomic mass is 35.5. The van der Waals surface area contributed by atoms with Crippen LogP contribution in [0, 0.1) is 0 Å². The van der Waals surface area contributed by atoms with Crippen LogP contribution in [0.1, 0.15) is 5.56 Å². The van der Waals surface area contributed by atoms with Crippen LogP contribution >= 0.6 is 24.2 Å². The largest absolute Gasteiger partial charge is 0.380 e. The van der Waals surface area contributed by atoms with Crippen molar-refractivity contribution in [2.45, 2.75) is 11.4 Å². The van der Waals surface area contributed by atoms with E-state index in [9.17, 15) is 0 Å². The van der Waals surface area contributed by atoms with Gasteiger partial charge in [-0.3, -0.25) is 0 Å². The molecule has 0 atom stereocenters. The SMILES string of the molecule is Sc1ccccc1NCc1cccc(Cl)c1. The van der Waals surface area contributed by atoms with E-state index in [0.717, 1.165) is 27.7 Å². The minimum atomic E-state index is 0.748. The van der Waals surface area contributed by atoms with Crippen molar-refractivity contribution in [2.24, 2.45) is 0 Å². The van der Waals surface area contributed by atoms with E-state index in [4.69, 9.17) is 11.6 Å². The summed E-state index contributed by atoms with van der Waals surface area (Å²) in [6.07, 6.45) is 0. The number of halogens is 1. The van der Waals surface area contributed by atoms with Crippen molar-refractivity contribution in [1.82, 2.24) is 0 Å². The maximum absolute atomic E-state index is 5.92. The highest BCUT2D eigenvalue weighted by Crippen LogP contribution is 2.20. The van der Waals surface area contributed by atoms with Gasteiger partial charge in [-0.05, 0) is 29.8 Å². The lowest BCUT2D eigenvalue weighted by Crippen LogP contribution is -1.99. The molecule has 0 aliphatic rings. The van der Waals surface area contributed by atoms with Gasteiger partial charge in [0, 0.05) is 22.2 Å². The van der Waals surface area contributed by atoms with Crippen molar-refractivity contribution >= 4 is 29.9 Å². The van der Waals surface area contributed by atoms with Gasteiger partial charge in [-0.1, -0.05) is 35.9 Å². The molecule has 16 heavy (non-hydrogen) atoms. The van der Waals surface area contributed by atoms with Crippen LogP contribution in [0.5, 0.6) is 0 Å². The Kier molecular flexibility index (Phi) is 3.75. The molecule has 2 aromatic rings. The van der Waals surface area contributed by atoms with Crippen LogP contribution in [0.15, 0.2) is 53.4 Å². The fourth-order valence-corrected chi connectivity index (χ4v) is 1.92. The Balaban J connectivity index is 2.05. The highest BCUT2D eigenvalue weighted by Gasteiger charge is 1.97. The molecule has 1 nitrogen and oxygen atoms in total. The molecular formula is C13H12ClNS. The lowest BCUT2D eigenvalue weighted by atomic mass is 10.2. The second-order valence-electron chi connectivity index (χ2n) is 3.50. The lowest BCUT2D eigenvalue weighted by Gasteiger charge is -2.08. The van der Waals surface area contributed by atoms with Crippen LogP contribution in [0.3, 0.4) is 0 Å². The summed E-state index contributed by atoms with van der Waals surface area (Å²) < 4.78 is 0. The third kappa shape index (κ3) is 2.94. The number of hydrogen-bond donors (Lipinski definition) is 2. The van der Waals surface area contributed by atoms with Gasteiger partial charge in [0.1, 0.15) is 0 Å². The quantitative estimate of drug-likeness (QED) is 0.776. The third-order valence-corrected chi connectivity index (χ3v) is 2.90. The Labute approximate surface area is 106 Å². The molecule has 0 spiro atoms. The van der Waals surface area contributed by atoms with E-state index in [1.54, 1.807) is 0 Å². The summed E-state index contributed by atoms with van der Waals surface area (Å²) in [5.74, 6) is 0. The monoisotopic (exact) mass is 249 g/mol. The van der Waals surface area contributed by atoms with E-state index in [2.05, 4.69) is 17.9 Å². The molecule has 0 fully saturated rings. The summed E-state index contributed by atoms with van der Waals surface area (Å²) in [6.45, 7) is 0.748. The second-order valence-corrected chi connectivity index (χ2v) is 4.42. The Hall–Kier alpha value is -1.12. The first-order valence-corrected chi connectivity index (χ1v) is 5.84. The van der Waals surface area contributed by atoms with Crippen LogP contribution in [0.4, 0.5) is 5.69 Å². The van der Waals surface area contributed by atoms with E-state index in [0.29, 0.717) is 0 Å². The van der Waals surface area contributed by atoms with Gasteiger partial charge in [-0.2, -0.15) is 0 Å². The van der Waals surface area contributed by atoms with Gasteiger partial charge in [-0.15, -0.1) is 12.6 Å². The summed E-state index contributed by atoms with van der Waals surface area (Å²) in [7, 11) is 0. The first kappa shape index (κ1) is 11.4. The molecule has 0 radical (unpaired) electrons. The number of rotatable bonds is 3. The molecule has 1 N–H and O–H groups in total. The maximum Gasteiger partial charge on any atom is 0.0478 e. The first-order chi connectivity index (χ1) is 7.75. The number of para-hydroxylation sites is 1. The maximum atomic E-state index is 5.92. The van der Waals surface area contributed by atoms with E-state index < -0.39 is 0 Å². The fourth-order valence-electron chi connectivity index (χ4n) is 1.47. The normalized spacial score (nSPS) is 10.1. The van der Waals surface area contributed by atoms with Gasteiger partial charge in [-0.25, -0.2) is 0 Å². The van der Waals surface area contributed by atoms with Gasteiger partial charge in [0.25, 0.3) is 0 Å². The average Bonchev–Trinajstić information content (AvgIpc) is 2.28. The van der Waals surface area contributed by atoms with Crippen molar-refractivity contribution in [3.8, 4) is 0 Å². The van der Waals surface area contributed by atoms with Crippen molar-refractivity contribution in [3.63, 3.8) is 0 Å². The number of benzene rings is 2. The number of thiol groups is 1. The molecule has 82 valence electrons. The topological polar surface area (TPSA) is 12.0 Å². The number of hydrogen-bond acceptors (Lipinski definition) is 2. The summed E-state index contributed by atoms with van der Waals surface area (Å²) in [6, 6.07) is 15.7. The zero-order valence-electron chi connectivity index (χ0n) is 8.65. The molecule has 0 aliphatic carbocycles. The fraction of sp³-hybridized carbons (Fsp3) is 0.0769. The summed E-state index contributed by atoms with van der Waals surface area (Å²) in [4.78, 5) is 0.949. The Bertz CT molecular complexity index is 485. The van der Waals surface area contributed by atoms with E-state index in [-0.39, 0.29) is 0 Å². The molecule has 3 heteroatoms. The average molecular weight is 250 g/mol. The minimum Gasteiger partial charge on any atom is -0.380 e. The summed E-state index contributed by atoms with van der Waals surface area (Å²) >= 11 is 10.3. The molecule has 0 unspecified atom stereocenters. The highest BCUT2D eigenvalue weighted by molar-refractivity contribution is 7.80. The van der Waals surface area contributed by atoms with Crippen LogP contribution in [0.25, 0.3) is 0 Å². The number of nitrogens with one attached hydrogen (secondary N) is 1.